The third-order valence-corrected chi connectivity index (χ3v) is 5.81. The number of benzene rings is 2. The molecule has 0 saturated carbocycles. The van der Waals surface area contributed by atoms with Gasteiger partial charge in [0.1, 0.15) is 5.75 Å². The standard InChI is InChI=1S/C20H19N3O6S/c1-13-7-8-15(9-10-18-20(23(24)25)14(2)21-29-18)11-19(13)30(26,27)22-16-5-4-6-17(12-16)28-3/h4-12,22H,1-3H3. The van der Waals surface area contributed by atoms with Gasteiger partial charge in [-0.05, 0) is 49.2 Å². The summed E-state index contributed by atoms with van der Waals surface area (Å²) in [5, 5.41) is 14.7. The number of nitro groups is 1. The Morgan fingerprint density at radius 1 is 1.17 bits per heavy atom. The largest absolute Gasteiger partial charge is 0.497 e. The van der Waals surface area contributed by atoms with Crippen molar-refractivity contribution in [2.24, 2.45) is 0 Å². The number of hydrogen-bond donors (Lipinski definition) is 1. The van der Waals surface area contributed by atoms with Gasteiger partial charge >= 0.3 is 5.69 Å². The molecule has 0 spiro atoms. The number of anilines is 1. The Balaban J connectivity index is 1.92. The quantitative estimate of drug-likeness (QED) is 0.441. The molecule has 0 radical (unpaired) electrons. The van der Waals surface area contributed by atoms with E-state index < -0.39 is 14.9 Å². The van der Waals surface area contributed by atoms with Crippen LogP contribution in [0.15, 0.2) is 51.9 Å². The Bertz CT molecular complexity index is 1230. The van der Waals surface area contributed by atoms with Crippen molar-refractivity contribution in [3.05, 3.63) is 75.2 Å². The number of aryl methyl sites for hydroxylation is 2. The molecule has 0 aliphatic rings. The lowest BCUT2D eigenvalue weighted by molar-refractivity contribution is -0.386. The summed E-state index contributed by atoms with van der Waals surface area (Å²) in [5.74, 6) is 0.504. The van der Waals surface area contributed by atoms with Crippen LogP contribution in [0.4, 0.5) is 11.4 Å². The minimum atomic E-state index is -3.88. The summed E-state index contributed by atoms with van der Waals surface area (Å²) in [4.78, 5) is 10.6. The molecule has 3 rings (SSSR count). The number of aromatic nitrogens is 1. The molecule has 1 N–H and O–H groups in total. The second kappa shape index (κ2) is 8.37. The van der Waals surface area contributed by atoms with E-state index in [4.69, 9.17) is 9.26 Å². The Morgan fingerprint density at radius 3 is 2.63 bits per heavy atom. The van der Waals surface area contributed by atoms with Crippen molar-refractivity contribution < 1.29 is 22.6 Å². The third-order valence-electron chi connectivity index (χ3n) is 4.29. The van der Waals surface area contributed by atoms with Gasteiger partial charge in [-0.3, -0.25) is 14.8 Å². The molecule has 3 aromatic rings. The topological polar surface area (TPSA) is 125 Å². The first-order valence-electron chi connectivity index (χ1n) is 8.77. The lowest BCUT2D eigenvalue weighted by Gasteiger charge is -2.12. The van der Waals surface area contributed by atoms with E-state index in [9.17, 15) is 18.5 Å². The van der Waals surface area contributed by atoms with E-state index in [0.29, 0.717) is 22.6 Å². The zero-order chi connectivity index (χ0) is 21.9. The molecule has 0 aliphatic carbocycles. The van der Waals surface area contributed by atoms with Gasteiger partial charge in [-0.2, -0.15) is 0 Å². The number of ether oxygens (including phenoxy) is 1. The first-order chi connectivity index (χ1) is 14.2. The van der Waals surface area contributed by atoms with Crippen LogP contribution in [0.25, 0.3) is 12.2 Å². The van der Waals surface area contributed by atoms with Gasteiger partial charge in [0.15, 0.2) is 5.69 Å². The van der Waals surface area contributed by atoms with Crippen molar-refractivity contribution >= 4 is 33.6 Å². The van der Waals surface area contributed by atoms with Crippen molar-refractivity contribution in [2.75, 3.05) is 11.8 Å². The molecule has 30 heavy (non-hydrogen) atoms. The lowest BCUT2D eigenvalue weighted by Crippen LogP contribution is -2.14. The predicted octanol–water partition coefficient (Wildman–Crippen LogP) is 4.18. The van der Waals surface area contributed by atoms with E-state index in [-0.39, 0.29) is 22.0 Å². The number of methoxy groups -OCH3 is 1. The Kier molecular flexibility index (Phi) is 5.88. The zero-order valence-electron chi connectivity index (χ0n) is 16.4. The van der Waals surface area contributed by atoms with Crippen LogP contribution in [0.1, 0.15) is 22.6 Å². The van der Waals surface area contributed by atoms with Gasteiger partial charge < -0.3 is 9.26 Å². The Labute approximate surface area is 173 Å². The van der Waals surface area contributed by atoms with E-state index in [2.05, 4.69) is 9.88 Å². The second-order valence-corrected chi connectivity index (χ2v) is 8.08. The first kappa shape index (κ1) is 21.1. The Hall–Kier alpha value is -3.66. The number of rotatable bonds is 7. The monoisotopic (exact) mass is 429 g/mol. The van der Waals surface area contributed by atoms with Crippen LogP contribution in [0.2, 0.25) is 0 Å². The summed E-state index contributed by atoms with van der Waals surface area (Å²) in [6.45, 7) is 3.15. The number of sulfonamides is 1. The molecule has 0 saturated heterocycles. The van der Waals surface area contributed by atoms with Crippen molar-refractivity contribution in [3.8, 4) is 5.75 Å². The average molecular weight is 429 g/mol. The number of nitrogens with one attached hydrogen (secondary N) is 1. The fourth-order valence-corrected chi connectivity index (χ4v) is 4.12. The molecule has 0 fully saturated rings. The predicted molar refractivity (Wildman–Crippen MR) is 112 cm³/mol. The van der Waals surface area contributed by atoms with E-state index in [1.165, 1.54) is 32.3 Å². The Morgan fingerprint density at radius 2 is 1.93 bits per heavy atom. The lowest BCUT2D eigenvalue weighted by atomic mass is 10.1. The normalized spacial score (nSPS) is 11.6. The maximum atomic E-state index is 12.9. The van der Waals surface area contributed by atoms with Gasteiger partial charge in [0, 0.05) is 6.07 Å². The maximum absolute atomic E-state index is 12.9. The van der Waals surface area contributed by atoms with Crippen molar-refractivity contribution in [1.29, 1.82) is 0 Å². The summed E-state index contributed by atoms with van der Waals surface area (Å²) in [6, 6.07) is 11.4. The SMILES string of the molecule is COc1cccc(NS(=O)(=O)c2cc(C=Cc3onc(C)c3[N+](=O)[O-])ccc2C)c1. The summed E-state index contributed by atoms with van der Waals surface area (Å²) in [6.07, 6.45) is 2.91. The van der Waals surface area contributed by atoms with E-state index in [1.807, 2.05) is 0 Å². The smallest absolute Gasteiger partial charge is 0.338 e. The molecular weight excluding hydrogens is 410 g/mol. The van der Waals surface area contributed by atoms with Crippen molar-refractivity contribution in [1.82, 2.24) is 5.16 Å². The molecule has 9 nitrogen and oxygen atoms in total. The molecule has 0 amide bonds. The van der Waals surface area contributed by atoms with Crippen molar-refractivity contribution in [3.63, 3.8) is 0 Å². The van der Waals surface area contributed by atoms with Gasteiger partial charge in [-0.1, -0.05) is 29.4 Å². The van der Waals surface area contributed by atoms with Crippen LogP contribution in [0.3, 0.4) is 0 Å². The van der Waals surface area contributed by atoms with Crippen LogP contribution in [-0.4, -0.2) is 25.6 Å². The van der Waals surface area contributed by atoms with Gasteiger partial charge in [-0.15, -0.1) is 0 Å². The highest BCUT2D eigenvalue weighted by atomic mass is 32.2. The second-order valence-electron chi connectivity index (χ2n) is 6.43. The van der Waals surface area contributed by atoms with E-state index >= 15 is 0 Å². The fraction of sp³-hybridized carbons (Fsp3) is 0.150. The summed E-state index contributed by atoms with van der Waals surface area (Å²) >= 11 is 0. The zero-order valence-corrected chi connectivity index (χ0v) is 17.3. The minimum absolute atomic E-state index is 0.0167. The minimum Gasteiger partial charge on any atom is -0.497 e. The summed E-state index contributed by atoms with van der Waals surface area (Å²) in [7, 11) is -2.38. The van der Waals surface area contributed by atoms with Gasteiger partial charge in [0.25, 0.3) is 10.0 Å². The van der Waals surface area contributed by atoms with Crippen molar-refractivity contribution in [2.45, 2.75) is 18.7 Å². The highest BCUT2D eigenvalue weighted by Crippen LogP contribution is 2.26. The third kappa shape index (κ3) is 4.49. The molecular formula is C20H19N3O6S. The van der Waals surface area contributed by atoms with Gasteiger partial charge in [-0.25, -0.2) is 8.42 Å². The number of hydrogen-bond acceptors (Lipinski definition) is 7. The molecule has 0 unspecified atom stereocenters. The van der Waals surface area contributed by atoms with E-state index in [0.717, 1.165) is 0 Å². The van der Waals surface area contributed by atoms with Crippen LogP contribution in [-0.2, 0) is 10.0 Å². The maximum Gasteiger partial charge on any atom is 0.338 e. The summed E-state index contributed by atoms with van der Waals surface area (Å²) in [5.41, 5.74) is 1.36. The van der Waals surface area contributed by atoms with Crippen LogP contribution >= 0.6 is 0 Å². The molecule has 0 atom stereocenters. The molecule has 156 valence electrons. The van der Waals surface area contributed by atoms with Crippen LogP contribution in [0, 0.1) is 24.0 Å². The fourth-order valence-electron chi connectivity index (χ4n) is 2.79. The van der Waals surface area contributed by atoms with Gasteiger partial charge in [0.05, 0.1) is 22.6 Å². The summed E-state index contributed by atoms with van der Waals surface area (Å²) < 4.78 is 38.4. The molecule has 1 aromatic heterocycles. The van der Waals surface area contributed by atoms with Crippen LogP contribution < -0.4 is 9.46 Å². The highest BCUT2D eigenvalue weighted by molar-refractivity contribution is 7.92. The molecule has 2 aromatic carbocycles. The first-order valence-corrected chi connectivity index (χ1v) is 10.3. The highest BCUT2D eigenvalue weighted by Gasteiger charge is 2.22. The number of nitrogens with zero attached hydrogens (tertiary/aromatic N) is 2. The molecule has 0 bridgehead atoms. The molecule has 10 heteroatoms. The molecule has 0 aliphatic heterocycles. The average Bonchev–Trinajstić information content (AvgIpc) is 3.07. The van der Waals surface area contributed by atoms with E-state index in [1.54, 1.807) is 43.3 Å². The van der Waals surface area contributed by atoms with Gasteiger partial charge in [0.2, 0.25) is 5.76 Å². The van der Waals surface area contributed by atoms with Crippen LogP contribution in [0.5, 0.6) is 5.75 Å². The molecule has 1 heterocycles.